The molecular weight excluding hydrogens is 236 g/mol. The number of hydrogen-bond donors (Lipinski definition) is 0. The average molecular weight is 245 g/mol. The first-order valence-electron chi connectivity index (χ1n) is 3.81. The van der Waals surface area contributed by atoms with Crippen molar-refractivity contribution in [2.24, 2.45) is 0 Å². The zero-order chi connectivity index (χ0) is 9.84. The smallest absolute Gasteiger partial charge is 0.357 e. The van der Waals surface area contributed by atoms with E-state index in [4.69, 9.17) is 4.74 Å². The van der Waals surface area contributed by atoms with Crippen LogP contribution >= 0.6 is 15.9 Å². The molecule has 0 aliphatic rings. The molecule has 0 aromatic carbocycles. The molecule has 1 aromatic heterocycles. The molecule has 0 saturated carbocycles. The van der Waals surface area contributed by atoms with Gasteiger partial charge in [0, 0.05) is 5.56 Å². The number of carbonyl (C=O) groups excluding carboxylic acids is 1. The van der Waals surface area contributed by atoms with Crippen molar-refractivity contribution >= 4 is 21.9 Å². The Bertz CT molecular complexity index is 328. The van der Waals surface area contributed by atoms with Crippen LogP contribution < -0.4 is 0 Å². The van der Waals surface area contributed by atoms with Crippen LogP contribution in [0, 0.1) is 6.92 Å². The van der Waals surface area contributed by atoms with Gasteiger partial charge in [0.1, 0.15) is 10.9 Å². The lowest BCUT2D eigenvalue weighted by Crippen LogP contribution is -2.09. The van der Waals surface area contributed by atoms with Crippen LogP contribution in [0.5, 0.6) is 0 Å². The fourth-order valence-electron chi connectivity index (χ4n) is 0.834. The second-order valence-electron chi connectivity index (χ2n) is 2.36. The van der Waals surface area contributed by atoms with Gasteiger partial charge in [-0.15, -0.1) is 0 Å². The molecule has 0 N–H and O–H groups in total. The number of aromatic nitrogens is 2. The lowest BCUT2D eigenvalue weighted by Gasteiger charge is -2.04. The molecule has 4 nitrogen and oxygen atoms in total. The summed E-state index contributed by atoms with van der Waals surface area (Å²) in [6.45, 7) is 3.86. The van der Waals surface area contributed by atoms with Crippen LogP contribution in [0.3, 0.4) is 0 Å². The summed E-state index contributed by atoms with van der Waals surface area (Å²) in [5, 5.41) is 0. The van der Waals surface area contributed by atoms with Crippen LogP contribution in [0.15, 0.2) is 10.9 Å². The van der Waals surface area contributed by atoms with Gasteiger partial charge in [0.05, 0.1) is 6.61 Å². The summed E-state index contributed by atoms with van der Waals surface area (Å²) in [5.74, 6) is -0.414. The third-order valence-corrected chi connectivity index (χ3v) is 2.29. The van der Waals surface area contributed by atoms with Crippen molar-refractivity contribution < 1.29 is 9.53 Å². The molecule has 0 unspecified atom stereocenters. The molecule has 0 radical (unpaired) electrons. The number of halogens is 1. The Morgan fingerprint density at radius 1 is 1.62 bits per heavy atom. The second kappa shape index (κ2) is 4.32. The maximum atomic E-state index is 11.3. The van der Waals surface area contributed by atoms with Crippen LogP contribution in [-0.4, -0.2) is 22.5 Å². The Hall–Kier alpha value is -0.970. The number of carbonyl (C=O) groups is 1. The quantitative estimate of drug-likeness (QED) is 0.588. The Balaban J connectivity index is 3.01. The van der Waals surface area contributed by atoms with E-state index < -0.39 is 5.97 Å². The van der Waals surface area contributed by atoms with Crippen LogP contribution in [0.2, 0.25) is 0 Å². The number of hydrogen-bond acceptors (Lipinski definition) is 4. The second-order valence-corrected chi connectivity index (χ2v) is 3.11. The first-order chi connectivity index (χ1) is 6.16. The number of nitrogens with zero attached hydrogens (tertiary/aromatic N) is 2. The minimum absolute atomic E-state index is 0.309. The minimum atomic E-state index is -0.414. The van der Waals surface area contributed by atoms with E-state index in [1.165, 1.54) is 6.33 Å². The van der Waals surface area contributed by atoms with Crippen molar-refractivity contribution in [2.75, 3.05) is 6.61 Å². The molecular formula is C8H9BrN2O2. The molecule has 5 heteroatoms. The standard InChI is InChI=1S/C8H9BrN2O2/c1-3-13-8(12)6-5(2)7(9)11-4-10-6/h4H,3H2,1-2H3. The molecule has 70 valence electrons. The summed E-state index contributed by atoms with van der Waals surface area (Å²) >= 11 is 3.21. The van der Waals surface area contributed by atoms with Gasteiger partial charge in [-0.05, 0) is 29.8 Å². The topological polar surface area (TPSA) is 52.1 Å². The average Bonchev–Trinajstić information content (AvgIpc) is 2.10. The fraction of sp³-hybridized carbons (Fsp3) is 0.375. The third-order valence-electron chi connectivity index (χ3n) is 1.49. The maximum absolute atomic E-state index is 11.3. The highest BCUT2D eigenvalue weighted by atomic mass is 79.9. The predicted molar refractivity (Wildman–Crippen MR) is 50.4 cm³/mol. The van der Waals surface area contributed by atoms with E-state index in [0.717, 1.165) is 0 Å². The van der Waals surface area contributed by atoms with Crippen molar-refractivity contribution in [1.29, 1.82) is 0 Å². The summed E-state index contributed by atoms with van der Waals surface area (Å²) in [6, 6.07) is 0. The van der Waals surface area contributed by atoms with Gasteiger partial charge in [0.2, 0.25) is 0 Å². The predicted octanol–water partition coefficient (Wildman–Crippen LogP) is 1.72. The molecule has 1 heterocycles. The molecule has 0 aliphatic carbocycles. The Morgan fingerprint density at radius 3 is 2.92 bits per heavy atom. The van der Waals surface area contributed by atoms with Crippen molar-refractivity contribution in [1.82, 2.24) is 9.97 Å². The largest absolute Gasteiger partial charge is 0.461 e. The molecule has 0 spiro atoms. The van der Waals surface area contributed by atoms with Crippen LogP contribution in [0.1, 0.15) is 23.0 Å². The lowest BCUT2D eigenvalue weighted by atomic mass is 10.2. The highest BCUT2D eigenvalue weighted by Crippen LogP contribution is 2.14. The highest BCUT2D eigenvalue weighted by molar-refractivity contribution is 9.10. The van der Waals surface area contributed by atoms with Gasteiger partial charge >= 0.3 is 5.97 Å². The van der Waals surface area contributed by atoms with E-state index in [2.05, 4.69) is 25.9 Å². The van der Waals surface area contributed by atoms with Gasteiger partial charge in [-0.1, -0.05) is 0 Å². The highest BCUT2D eigenvalue weighted by Gasteiger charge is 2.13. The molecule has 0 aliphatic heterocycles. The molecule has 0 bridgehead atoms. The third kappa shape index (κ3) is 2.24. The normalized spacial score (nSPS) is 9.77. The maximum Gasteiger partial charge on any atom is 0.357 e. The first-order valence-corrected chi connectivity index (χ1v) is 4.60. The number of ether oxygens (including phenoxy) is 1. The van der Waals surface area contributed by atoms with Gasteiger partial charge in [-0.3, -0.25) is 0 Å². The van der Waals surface area contributed by atoms with Gasteiger partial charge in [-0.2, -0.15) is 0 Å². The van der Waals surface area contributed by atoms with E-state index in [9.17, 15) is 4.79 Å². The number of esters is 1. The summed E-state index contributed by atoms with van der Waals surface area (Å²) < 4.78 is 5.43. The van der Waals surface area contributed by atoms with Crippen molar-refractivity contribution in [3.05, 3.63) is 22.2 Å². The van der Waals surface area contributed by atoms with Gasteiger partial charge in [0.15, 0.2) is 5.69 Å². The van der Waals surface area contributed by atoms with Crippen LogP contribution in [-0.2, 0) is 4.74 Å². The minimum Gasteiger partial charge on any atom is -0.461 e. The summed E-state index contributed by atoms with van der Waals surface area (Å²) in [7, 11) is 0. The molecule has 0 fully saturated rings. The summed E-state index contributed by atoms with van der Waals surface area (Å²) in [6.07, 6.45) is 1.32. The SMILES string of the molecule is CCOC(=O)c1ncnc(Br)c1C. The van der Waals surface area contributed by atoms with Crippen LogP contribution in [0.4, 0.5) is 0 Å². The summed E-state index contributed by atoms with van der Waals surface area (Å²) in [4.78, 5) is 19.0. The van der Waals surface area contributed by atoms with Gasteiger partial charge in [-0.25, -0.2) is 14.8 Å². The molecule has 0 saturated heterocycles. The van der Waals surface area contributed by atoms with E-state index in [0.29, 0.717) is 22.5 Å². The van der Waals surface area contributed by atoms with Gasteiger partial charge in [0.25, 0.3) is 0 Å². The first kappa shape index (κ1) is 10.1. The Morgan fingerprint density at radius 2 is 2.31 bits per heavy atom. The van der Waals surface area contributed by atoms with Gasteiger partial charge < -0.3 is 4.74 Å². The lowest BCUT2D eigenvalue weighted by molar-refractivity contribution is 0.0518. The van der Waals surface area contributed by atoms with E-state index >= 15 is 0 Å². The zero-order valence-corrected chi connectivity index (χ0v) is 8.96. The molecule has 0 amide bonds. The fourth-order valence-corrected chi connectivity index (χ4v) is 1.11. The summed E-state index contributed by atoms with van der Waals surface area (Å²) in [5.41, 5.74) is 1.00. The number of rotatable bonds is 2. The molecule has 13 heavy (non-hydrogen) atoms. The monoisotopic (exact) mass is 244 g/mol. The van der Waals surface area contributed by atoms with Crippen LogP contribution in [0.25, 0.3) is 0 Å². The van der Waals surface area contributed by atoms with E-state index in [-0.39, 0.29) is 0 Å². The van der Waals surface area contributed by atoms with E-state index in [1.807, 2.05) is 0 Å². The van der Waals surface area contributed by atoms with Crippen molar-refractivity contribution in [2.45, 2.75) is 13.8 Å². The molecule has 1 rings (SSSR count). The zero-order valence-electron chi connectivity index (χ0n) is 7.37. The van der Waals surface area contributed by atoms with E-state index in [1.54, 1.807) is 13.8 Å². The molecule has 1 aromatic rings. The van der Waals surface area contributed by atoms with Crippen molar-refractivity contribution in [3.63, 3.8) is 0 Å². The Labute approximate surface area is 84.5 Å². The van der Waals surface area contributed by atoms with Crippen molar-refractivity contribution in [3.8, 4) is 0 Å². The molecule has 0 atom stereocenters. The Kier molecular flexibility index (Phi) is 3.36.